The molecule has 1 aromatic heterocycles. The van der Waals surface area contributed by atoms with Crippen LogP contribution in [0.5, 0.6) is 0 Å². The molecule has 1 rings (SSSR count). The summed E-state index contributed by atoms with van der Waals surface area (Å²) in [4.78, 5) is 7.49. The van der Waals surface area contributed by atoms with Crippen LogP contribution >= 0.6 is 11.3 Å². The predicted molar refractivity (Wildman–Crippen MR) is 35.1 cm³/mol. The van der Waals surface area contributed by atoms with Gasteiger partial charge in [-0.2, -0.15) is 6.72 Å². The number of aromatic nitrogens is 1. The summed E-state index contributed by atoms with van der Waals surface area (Å²) >= 11 is 1.55. The Morgan fingerprint density at radius 2 is 2.56 bits per heavy atom. The average Bonchev–Trinajstić information content (AvgIpc) is 2.19. The first kappa shape index (κ1) is 8.77. The maximum Gasteiger partial charge on any atom is 1.00 e. The number of hydrogen-bond donors (Lipinski definition) is 0. The summed E-state index contributed by atoms with van der Waals surface area (Å²) in [6.45, 7) is 4.93. The number of rotatable bonds is 2. The fourth-order valence-electron chi connectivity index (χ4n) is 0.376. The van der Waals surface area contributed by atoms with Gasteiger partial charge in [0.15, 0.2) is 0 Å². The molecule has 42 valence electrons. The van der Waals surface area contributed by atoms with Crippen LogP contribution < -0.4 is 18.9 Å². The van der Waals surface area contributed by atoms with Gasteiger partial charge >= 0.3 is 18.9 Å². The van der Waals surface area contributed by atoms with Crippen LogP contribution in [-0.2, 0) is 0 Å². The normalized spacial score (nSPS) is 7.56. The van der Waals surface area contributed by atoms with E-state index in [-0.39, 0.29) is 18.9 Å². The molecule has 0 aliphatic rings. The SMILES string of the molecule is C=N[CH-]c1nccs1.[Li+]. The number of thiazole rings is 1. The Balaban J connectivity index is 0.000000640. The van der Waals surface area contributed by atoms with Crippen molar-refractivity contribution in [2.45, 2.75) is 0 Å². The fourth-order valence-corrected chi connectivity index (χ4v) is 0.895. The smallest absolute Gasteiger partial charge is 0.454 e. The van der Waals surface area contributed by atoms with Crippen molar-refractivity contribution in [3.8, 4) is 0 Å². The molecule has 0 aliphatic carbocycles. The van der Waals surface area contributed by atoms with Crippen molar-refractivity contribution < 1.29 is 18.9 Å². The van der Waals surface area contributed by atoms with Crippen LogP contribution in [-0.4, -0.2) is 11.7 Å². The summed E-state index contributed by atoms with van der Waals surface area (Å²) in [7, 11) is 0. The van der Waals surface area contributed by atoms with E-state index in [2.05, 4.69) is 16.7 Å². The summed E-state index contributed by atoms with van der Waals surface area (Å²) in [6.07, 6.45) is 1.74. The molecule has 0 saturated carbocycles. The van der Waals surface area contributed by atoms with Crippen LogP contribution in [0.25, 0.3) is 0 Å². The molecule has 0 aromatic carbocycles. The van der Waals surface area contributed by atoms with Gasteiger partial charge in [-0.25, -0.2) is 0 Å². The first-order valence-corrected chi connectivity index (χ1v) is 3.00. The van der Waals surface area contributed by atoms with E-state index in [9.17, 15) is 0 Å². The minimum Gasteiger partial charge on any atom is -0.454 e. The summed E-state index contributed by atoms with van der Waals surface area (Å²) in [5, 5.41) is 2.80. The van der Waals surface area contributed by atoms with Crippen LogP contribution in [0.4, 0.5) is 0 Å². The minimum absolute atomic E-state index is 0. The largest absolute Gasteiger partial charge is 1.00 e. The molecule has 0 saturated heterocycles. The Labute approximate surface area is 70.2 Å². The summed E-state index contributed by atoms with van der Waals surface area (Å²) in [6, 6.07) is 0. The van der Waals surface area contributed by atoms with Crippen molar-refractivity contribution in [1.82, 2.24) is 4.98 Å². The van der Waals surface area contributed by atoms with E-state index >= 15 is 0 Å². The zero-order valence-corrected chi connectivity index (χ0v) is 6.06. The molecule has 0 radical (unpaired) electrons. The van der Waals surface area contributed by atoms with Crippen LogP contribution in [0.2, 0.25) is 0 Å². The van der Waals surface area contributed by atoms with Crippen LogP contribution in [0.15, 0.2) is 16.6 Å². The minimum atomic E-state index is 0. The molecule has 0 spiro atoms. The molecule has 0 aliphatic heterocycles. The van der Waals surface area contributed by atoms with Gasteiger partial charge in [0.05, 0.1) is 5.01 Å². The first-order chi connectivity index (χ1) is 3.93. The predicted octanol–water partition coefficient (Wildman–Crippen LogP) is -1.64. The van der Waals surface area contributed by atoms with Crippen molar-refractivity contribution in [3.05, 3.63) is 23.1 Å². The molecule has 1 heterocycles. The van der Waals surface area contributed by atoms with Crippen molar-refractivity contribution >= 4 is 18.1 Å². The summed E-state index contributed by atoms with van der Waals surface area (Å²) < 4.78 is 0. The van der Waals surface area contributed by atoms with E-state index in [1.165, 1.54) is 0 Å². The van der Waals surface area contributed by atoms with E-state index in [0.717, 1.165) is 5.01 Å². The fraction of sp³-hybridized carbons (Fsp3) is 0. The van der Waals surface area contributed by atoms with E-state index < -0.39 is 0 Å². The van der Waals surface area contributed by atoms with Crippen LogP contribution in [0, 0.1) is 6.54 Å². The first-order valence-electron chi connectivity index (χ1n) is 2.12. The van der Waals surface area contributed by atoms with E-state index in [4.69, 9.17) is 0 Å². The third-order valence-electron chi connectivity index (χ3n) is 0.653. The Morgan fingerprint density at radius 3 is 3.00 bits per heavy atom. The number of nitrogens with zero attached hydrogens (tertiary/aromatic N) is 2. The quantitative estimate of drug-likeness (QED) is 0.269. The van der Waals surface area contributed by atoms with Crippen molar-refractivity contribution in [3.63, 3.8) is 0 Å². The summed E-state index contributed by atoms with van der Waals surface area (Å²) in [5.74, 6) is 0. The Hall–Kier alpha value is -0.233. The maximum absolute atomic E-state index is 3.94. The van der Waals surface area contributed by atoms with Gasteiger partial charge in [0.25, 0.3) is 0 Å². The Kier molecular flexibility index (Phi) is 4.51. The zero-order valence-electron chi connectivity index (χ0n) is 5.24. The molecule has 1 aromatic rings. The molecule has 0 bridgehead atoms. The standard InChI is InChI=1S/C5H5N2S.Li/c1-6-4-5-7-2-3-8-5;/h2-4H,1H2;/q-1;+1. The zero-order chi connectivity index (χ0) is 5.82. The third kappa shape index (κ3) is 2.71. The van der Waals surface area contributed by atoms with Gasteiger partial charge in [0, 0.05) is 11.6 Å². The second kappa shape index (κ2) is 4.63. The molecule has 0 atom stereocenters. The topological polar surface area (TPSA) is 25.2 Å². The van der Waals surface area contributed by atoms with Gasteiger partial charge in [0.2, 0.25) is 0 Å². The van der Waals surface area contributed by atoms with E-state index in [1.54, 1.807) is 24.1 Å². The van der Waals surface area contributed by atoms with Gasteiger partial charge < -0.3 is 4.99 Å². The van der Waals surface area contributed by atoms with Gasteiger partial charge in [-0.15, -0.1) is 11.3 Å². The van der Waals surface area contributed by atoms with Crippen LogP contribution in [0.3, 0.4) is 0 Å². The number of hydrogen-bond acceptors (Lipinski definition) is 3. The van der Waals surface area contributed by atoms with Gasteiger partial charge in [0.1, 0.15) is 0 Å². The van der Waals surface area contributed by atoms with E-state index in [0.29, 0.717) is 0 Å². The maximum atomic E-state index is 3.94. The molecule has 4 heteroatoms. The Bertz CT molecular complexity index is 161. The van der Waals surface area contributed by atoms with E-state index in [1.807, 2.05) is 5.38 Å². The third-order valence-corrected chi connectivity index (χ3v) is 1.36. The van der Waals surface area contributed by atoms with Gasteiger partial charge in [-0.05, 0) is 0 Å². The monoisotopic (exact) mass is 132 g/mol. The van der Waals surface area contributed by atoms with Gasteiger partial charge in [-0.3, -0.25) is 4.98 Å². The molecule has 0 unspecified atom stereocenters. The molecule has 2 nitrogen and oxygen atoms in total. The van der Waals surface area contributed by atoms with Crippen molar-refractivity contribution in [1.29, 1.82) is 0 Å². The van der Waals surface area contributed by atoms with Crippen molar-refractivity contribution in [2.75, 3.05) is 0 Å². The molecule has 0 amide bonds. The Morgan fingerprint density at radius 1 is 1.78 bits per heavy atom. The van der Waals surface area contributed by atoms with Gasteiger partial charge in [-0.1, -0.05) is 6.54 Å². The molecule has 0 N–H and O–H groups in total. The molecule has 9 heavy (non-hydrogen) atoms. The van der Waals surface area contributed by atoms with Crippen LogP contribution in [0.1, 0.15) is 5.01 Å². The molecule has 0 fully saturated rings. The summed E-state index contributed by atoms with van der Waals surface area (Å²) in [5.41, 5.74) is 0. The average molecular weight is 132 g/mol. The van der Waals surface area contributed by atoms with Crippen molar-refractivity contribution in [2.24, 2.45) is 4.99 Å². The molecular weight excluding hydrogens is 127 g/mol. The second-order valence-corrected chi connectivity index (χ2v) is 2.11. The number of aliphatic imine (C=N–C) groups is 1. The molecular formula is C5H5LiN2S. The second-order valence-electron chi connectivity index (χ2n) is 1.18.